The number of hydrogen-bond acceptors (Lipinski definition) is 3. The van der Waals surface area contributed by atoms with Crippen LogP contribution in [0.5, 0.6) is 0 Å². The van der Waals surface area contributed by atoms with Crippen molar-refractivity contribution in [1.82, 2.24) is 9.97 Å². The van der Waals surface area contributed by atoms with Crippen molar-refractivity contribution in [3.63, 3.8) is 0 Å². The summed E-state index contributed by atoms with van der Waals surface area (Å²) in [5.74, 6) is 0.490. The van der Waals surface area contributed by atoms with E-state index in [0.29, 0.717) is 5.92 Å². The molecule has 0 aliphatic rings. The maximum absolute atomic E-state index is 4.58. The van der Waals surface area contributed by atoms with Crippen LogP contribution in [0.25, 0.3) is 10.3 Å². The molecule has 2 heterocycles. The van der Waals surface area contributed by atoms with Crippen LogP contribution in [0.2, 0.25) is 0 Å². The number of pyridine rings is 1. The molecule has 0 saturated heterocycles. The van der Waals surface area contributed by atoms with Crippen molar-refractivity contribution < 1.29 is 0 Å². The number of aromatic nitrogens is 2. The van der Waals surface area contributed by atoms with Crippen LogP contribution in [0.1, 0.15) is 41.6 Å². The first-order chi connectivity index (χ1) is 7.00. The smallest absolute Gasteiger partial charge is 0.171 e. The van der Waals surface area contributed by atoms with E-state index in [1.54, 1.807) is 11.3 Å². The van der Waals surface area contributed by atoms with Gasteiger partial charge in [0.2, 0.25) is 0 Å². The lowest BCUT2D eigenvalue weighted by Gasteiger charge is -2.02. The molecule has 0 aliphatic carbocycles. The third-order valence-electron chi connectivity index (χ3n) is 2.84. The van der Waals surface area contributed by atoms with Gasteiger partial charge in [-0.05, 0) is 31.9 Å². The normalized spacial score (nSPS) is 11.6. The van der Waals surface area contributed by atoms with Crippen molar-refractivity contribution in [1.29, 1.82) is 0 Å². The molecule has 0 bridgehead atoms. The zero-order valence-corrected chi connectivity index (χ0v) is 10.7. The highest BCUT2D eigenvalue weighted by atomic mass is 32.1. The van der Waals surface area contributed by atoms with E-state index < -0.39 is 0 Å². The van der Waals surface area contributed by atoms with Gasteiger partial charge < -0.3 is 0 Å². The second-order valence-corrected chi connectivity index (χ2v) is 5.34. The van der Waals surface area contributed by atoms with Crippen molar-refractivity contribution in [2.24, 2.45) is 0 Å². The average molecular weight is 220 g/mol. The first kappa shape index (κ1) is 10.6. The average Bonchev–Trinajstić information content (AvgIpc) is 2.58. The van der Waals surface area contributed by atoms with Crippen molar-refractivity contribution in [3.8, 4) is 0 Å². The van der Waals surface area contributed by atoms with Gasteiger partial charge in [0, 0.05) is 11.6 Å². The van der Waals surface area contributed by atoms with Gasteiger partial charge in [-0.3, -0.25) is 0 Å². The van der Waals surface area contributed by atoms with Crippen LogP contribution in [0.3, 0.4) is 0 Å². The van der Waals surface area contributed by atoms with Crippen molar-refractivity contribution in [2.45, 2.75) is 40.5 Å². The fraction of sp³-hybridized carbons (Fsp3) is 0.500. The third kappa shape index (κ3) is 1.65. The van der Waals surface area contributed by atoms with E-state index >= 15 is 0 Å². The van der Waals surface area contributed by atoms with Crippen LogP contribution in [0.15, 0.2) is 0 Å². The van der Waals surface area contributed by atoms with E-state index in [0.717, 1.165) is 11.3 Å². The van der Waals surface area contributed by atoms with Crippen molar-refractivity contribution in [2.75, 3.05) is 0 Å². The van der Waals surface area contributed by atoms with Crippen LogP contribution in [-0.4, -0.2) is 9.97 Å². The fourth-order valence-corrected chi connectivity index (χ4v) is 2.65. The van der Waals surface area contributed by atoms with E-state index in [1.807, 2.05) is 0 Å². The number of rotatable bonds is 1. The molecule has 0 amide bonds. The highest BCUT2D eigenvalue weighted by molar-refractivity contribution is 7.18. The lowest BCUT2D eigenvalue weighted by atomic mass is 10.1. The zero-order chi connectivity index (χ0) is 11.2. The molecule has 2 nitrogen and oxygen atoms in total. The molecule has 2 rings (SSSR count). The molecular formula is C12H16N2S. The Hall–Kier alpha value is -0.960. The lowest BCUT2D eigenvalue weighted by molar-refractivity contribution is 0.854. The number of hydrogen-bond donors (Lipinski definition) is 0. The van der Waals surface area contributed by atoms with Gasteiger partial charge in [-0.1, -0.05) is 13.8 Å². The second kappa shape index (κ2) is 3.56. The van der Waals surface area contributed by atoms with Crippen LogP contribution in [-0.2, 0) is 0 Å². The minimum atomic E-state index is 0.490. The minimum absolute atomic E-state index is 0.490. The molecule has 15 heavy (non-hydrogen) atoms. The summed E-state index contributed by atoms with van der Waals surface area (Å²) in [6.07, 6.45) is 0. The molecule has 0 fully saturated rings. The van der Waals surface area contributed by atoms with Crippen molar-refractivity contribution in [3.05, 3.63) is 21.8 Å². The largest absolute Gasteiger partial charge is 0.232 e. The molecule has 0 aliphatic heterocycles. The number of fused-ring (bicyclic) bond motifs is 1. The summed E-state index contributed by atoms with van der Waals surface area (Å²) in [4.78, 5) is 9.12. The maximum Gasteiger partial charge on any atom is 0.171 e. The van der Waals surface area contributed by atoms with E-state index in [4.69, 9.17) is 0 Å². The third-order valence-corrected chi connectivity index (χ3v) is 4.30. The summed E-state index contributed by atoms with van der Waals surface area (Å²) in [7, 11) is 0. The summed E-state index contributed by atoms with van der Waals surface area (Å²) >= 11 is 1.78. The van der Waals surface area contributed by atoms with E-state index in [-0.39, 0.29) is 0 Å². The lowest BCUT2D eigenvalue weighted by Crippen LogP contribution is -1.91. The Morgan fingerprint density at radius 2 is 1.67 bits per heavy atom. The van der Waals surface area contributed by atoms with Gasteiger partial charge in [-0.25, -0.2) is 9.97 Å². The molecule has 3 heteroatoms. The topological polar surface area (TPSA) is 25.8 Å². The molecule has 0 atom stereocenters. The summed E-state index contributed by atoms with van der Waals surface area (Å²) in [6, 6.07) is 0. The summed E-state index contributed by atoms with van der Waals surface area (Å²) in [5, 5.41) is 1.19. The molecule has 80 valence electrons. The van der Waals surface area contributed by atoms with Gasteiger partial charge in [0.15, 0.2) is 5.65 Å². The van der Waals surface area contributed by atoms with Gasteiger partial charge in [-0.2, -0.15) is 0 Å². The molecule has 2 aromatic heterocycles. The highest BCUT2D eigenvalue weighted by Crippen LogP contribution is 2.30. The number of aryl methyl sites for hydroxylation is 2. The number of nitrogens with zero attached hydrogens (tertiary/aromatic N) is 2. The Morgan fingerprint density at radius 3 is 2.27 bits per heavy atom. The number of thiazole rings is 1. The second-order valence-electron chi connectivity index (χ2n) is 4.31. The quantitative estimate of drug-likeness (QED) is 0.731. The molecule has 0 N–H and O–H groups in total. The monoisotopic (exact) mass is 220 g/mol. The summed E-state index contributed by atoms with van der Waals surface area (Å²) in [6.45, 7) is 10.7. The van der Waals surface area contributed by atoms with Crippen LogP contribution in [0, 0.1) is 20.8 Å². The Morgan fingerprint density at radius 1 is 1.00 bits per heavy atom. The van der Waals surface area contributed by atoms with Gasteiger partial charge >= 0.3 is 0 Å². The van der Waals surface area contributed by atoms with Gasteiger partial charge in [0.1, 0.15) is 0 Å². The fourth-order valence-electron chi connectivity index (χ4n) is 1.58. The Balaban J connectivity index is 2.76. The first-order valence-corrected chi connectivity index (χ1v) is 6.06. The summed E-state index contributed by atoms with van der Waals surface area (Å²) < 4.78 is 1.25. The van der Waals surface area contributed by atoms with Crippen molar-refractivity contribution >= 4 is 21.7 Å². The van der Waals surface area contributed by atoms with Crippen LogP contribution < -0.4 is 0 Å². The zero-order valence-electron chi connectivity index (χ0n) is 9.88. The first-order valence-electron chi connectivity index (χ1n) is 5.25. The molecular weight excluding hydrogens is 204 g/mol. The molecule has 0 saturated carbocycles. The molecule has 0 unspecified atom stereocenters. The Bertz CT molecular complexity index is 512. The minimum Gasteiger partial charge on any atom is -0.232 e. The van der Waals surface area contributed by atoms with Gasteiger partial charge in [-0.15, -0.1) is 11.3 Å². The molecule has 0 spiro atoms. The molecule has 0 aromatic carbocycles. The van der Waals surface area contributed by atoms with Gasteiger partial charge in [0.05, 0.1) is 9.71 Å². The SMILES string of the molecule is Cc1nc2nc(C(C)C)sc2c(C)c1C. The predicted molar refractivity (Wildman–Crippen MR) is 65.7 cm³/mol. The predicted octanol–water partition coefficient (Wildman–Crippen LogP) is 3.74. The van der Waals surface area contributed by atoms with Gasteiger partial charge in [0.25, 0.3) is 0 Å². The maximum atomic E-state index is 4.58. The van der Waals surface area contributed by atoms with E-state index in [1.165, 1.54) is 20.8 Å². The van der Waals surface area contributed by atoms with Crippen LogP contribution in [0.4, 0.5) is 0 Å². The van der Waals surface area contributed by atoms with Crippen LogP contribution >= 0.6 is 11.3 Å². The Labute approximate surface area is 94.4 Å². The highest BCUT2D eigenvalue weighted by Gasteiger charge is 2.12. The Kier molecular flexibility index (Phi) is 2.51. The summed E-state index contributed by atoms with van der Waals surface area (Å²) in [5.41, 5.74) is 4.65. The standard InChI is InChI=1S/C12H16N2S/c1-6(2)12-14-11-10(15-12)8(4)7(3)9(5)13-11/h6H,1-5H3. The molecule has 0 radical (unpaired) electrons. The van der Waals surface area contributed by atoms with E-state index in [2.05, 4.69) is 44.6 Å². The van der Waals surface area contributed by atoms with E-state index in [9.17, 15) is 0 Å². The molecule has 2 aromatic rings.